The van der Waals surface area contributed by atoms with Crippen LogP contribution in [0.1, 0.15) is 13.3 Å². The predicted octanol–water partition coefficient (Wildman–Crippen LogP) is -0.00540. The van der Waals surface area contributed by atoms with E-state index in [-0.39, 0.29) is 12.5 Å². The number of carbonyl (C=O) groups excluding carboxylic acids is 1. The molecule has 0 aromatic carbocycles. The third kappa shape index (κ3) is 3.64. The minimum absolute atomic E-state index is 0.0155. The van der Waals surface area contributed by atoms with Crippen LogP contribution in [0.4, 0.5) is 0 Å². The summed E-state index contributed by atoms with van der Waals surface area (Å²) >= 11 is 0. The van der Waals surface area contributed by atoms with E-state index < -0.39 is 0 Å². The van der Waals surface area contributed by atoms with Gasteiger partial charge in [-0.2, -0.15) is 0 Å². The van der Waals surface area contributed by atoms with Gasteiger partial charge in [0.05, 0.1) is 0 Å². The third-order valence-corrected chi connectivity index (χ3v) is 2.80. The number of amides is 1. The first-order chi connectivity index (χ1) is 6.74. The summed E-state index contributed by atoms with van der Waals surface area (Å²) in [5.74, 6) is 1.24. The molecule has 4 heteroatoms. The second-order valence-corrected chi connectivity index (χ2v) is 3.97. The molecule has 0 radical (unpaired) electrons. The maximum Gasteiger partial charge on any atom is 0.245 e. The highest BCUT2D eigenvalue weighted by molar-refractivity contribution is 5.77. The fraction of sp³-hybridized carbons (Fsp3) is 0.900. The lowest BCUT2D eigenvalue weighted by molar-refractivity contribution is -0.125. The maximum atomic E-state index is 11.1. The number of ether oxygens (including phenoxy) is 1. The van der Waals surface area contributed by atoms with Gasteiger partial charge in [-0.1, -0.05) is 6.92 Å². The number of hydrogen-bond donors (Lipinski definition) is 2. The first kappa shape index (κ1) is 11.5. The molecule has 1 heterocycles. The first-order valence-corrected chi connectivity index (χ1v) is 5.20. The van der Waals surface area contributed by atoms with Crippen LogP contribution >= 0.6 is 0 Å². The van der Waals surface area contributed by atoms with Crippen LogP contribution < -0.4 is 10.6 Å². The van der Waals surface area contributed by atoms with E-state index in [4.69, 9.17) is 4.74 Å². The van der Waals surface area contributed by atoms with Crippen molar-refractivity contribution in [2.24, 2.45) is 11.8 Å². The SMILES string of the molecule is COCC(=O)NCC1CCNCC1C. The molecule has 0 aromatic rings. The monoisotopic (exact) mass is 200 g/mol. The van der Waals surface area contributed by atoms with Gasteiger partial charge in [0.1, 0.15) is 6.61 Å². The van der Waals surface area contributed by atoms with Crippen molar-refractivity contribution in [2.75, 3.05) is 33.4 Å². The third-order valence-electron chi connectivity index (χ3n) is 2.80. The summed E-state index contributed by atoms with van der Waals surface area (Å²) in [7, 11) is 1.53. The zero-order chi connectivity index (χ0) is 10.4. The Bertz CT molecular complexity index is 185. The molecule has 1 aliphatic rings. The predicted molar refractivity (Wildman–Crippen MR) is 55.0 cm³/mol. The molecule has 1 fully saturated rings. The van der Waals surface area contributed by atoms with Crippen molar-refractivity contribution in [3.05, 3.63) is 0 Å². The lowest BCUT2D eigenvalue weighted by atomic mass is 9.88. The Hall–Kier alpha value is -0.610. The smallest absolute Gasteiger partial charge is 0.245 e. The minimum atomic E-state index is -0.0155. The Kier molecular flexibility index (Phi) is 4.90. The Balaban J connectivity index is 2.19. The molecule has 1 amide bonds. The number of rotatable bonds is 4. The highest BCUT2D eigenvalue weighted by atomic mass is 16.5. The molecule has 0 spiro atoms. The molecule has 4 nitrogen and oxygen atoms in total. The van der Waals surface area contributed by atoms with Gasteiger partial charge in [-0.15, -0.1) is 0 Å². The fourth-order valence-corrected chi connectivity index (χ4v) is 1.80. The second-order valence-electron chi connectivity index (χ2n) is 3.97. The molecule has 0 aromatic heterocycles. The van der Waals surface area contributed by atoms with Gasteiger partial charge in [-0.05, 0) is 31.3 Å². The van der Waals surface area contributed by atoms with Crippen LogP contribution in [0.5, 0.6) is 0 Å². The van der Waals surface area contributed by atoms with Crippen molar-refractivity contribution < 1.29 is 9.53 Å². The Labute approximate surface area is 85.4 Å². The summed E-state index contributed by atoms with van der Waals surface area (Å²) in [6, 6.07) is 0. The number of methoxy groups -OCH3 is 1. The van der Waals surface area contributed by atoms with Crippen LogP contribution in [0.15, 0.2) is 0 Å². The first-order valence-electron chi connectivity index (χ1n) is 5.20. The number of carbonyl (C=O) groups is 1. The van der Waals surface area contributed by atoms with E-state index >= 15 is 0 Å². The van der Waals surface area contributed by atoms with Gasteiger partial charge in [-0.25, -0.2) is 0 Å². The van der Waals surface area contributed by atoms with E-state index in [1.165, 1.54) is 7.11 Å². The summed E-state index contributed by atoms with van der Waals surface area (Å²) < 4.78 is 4.75. The zero-order valence-corrected chi connectivity index (χ0v) is 9.01. The Morgan fingerprint density at radius 3 is 3.07 bits per heavy atom. The highest BCUT2D eigenvalue weighted by Gasteiger charge is 2.20. The van der Waals surface area contributed by atoms with E-state index in [1.807, 2.05) is 0 Å². The quantitative estimate of drug-likeness (QED) is 0.671. The Morgan fingerprint density at radius 2 is 2.43 bits per heavy atom. The molecule has 14 heavy (non-hydrogen) atoms. The van der Waals surface area contributed by atoms with Gasteiger partial charge in [0.25, 0.3) is 0 Å². The molecule has 1 rings (SSSR count). The van der Waals surface area contributed by atoms with Gasteiger partial charge in [-0.3, -0.25) is 4.79 Å². The number of piperidine rings is 1. The Morgan fingerprint density at radius 1 is 1.64 bits per heavy atom. The molecule has 2 N–H and O–H groups in total. The normalized spacial score (nSPS) is 27.3. The van der Waals surface area contributed by atoms with Crippen molar-refractivity contribution in [3.63, 3.8) is 0 Å². The van der Waals surface area contributed by atoms with Crippen molar-refractivity contribution in [2.45, 2.75) is 13.3 Å². The van der Waals surface area contributed by atoms with E-state index in [0.29, 0.717) is 11.8 Å². The average Bonchev–Trinajstić information content (AvgIpc) is 2.17. The van der Waals surface area contributed by atoms with Gasteiger partial charge in [0.15, 0.2) is 0 Å². The highest BCUT2D eigenvalue weighted by Crippen LogP contribution is 2.17. The van der Waals surface area contributed by atoms with E-state index in [2.05, 4.69) is 17.6 Å². The van der Waals surface area contributed by atoms with Crippen molar-refractivity contribution >= 4 is 5.91 Å². The van der Waals surface area contributed by atoms with Crippen LogP contribution in [0.3, 0.4) is 0 Å². The largest absolute Gasteiger partial charge is 0.375 e. The molecular weight excluding hydrogens is 180 g/mol. The minimum Gasteiger partial charge on any atom is -0.375 e. The number of hydrogen-bond acceptors (Lipinski definition) is 3. The molecule has 2 atom stereocenters. The van der Waals surface area contributed by atoms with Crippen LogP contribution in [-0.2, 0) is 9.53 Å². The molecule has 2 unspecified atom stereocenters. The van der Waals surface area contributed by atoms with Gasteiger partial charge in [0.2, 0.25) is 5.91 Å². The van der Waals surface area contributed by atoms with Crippen LogP contribution in [0, 0.1) is 11.8 Å². The summed E-state index contributed by atoms with van der Waals surface area (Å²) in [6.45, 7) is 5.30. The number of nitrogens with one attached hydrogen (secondary N) is 2. The van der Waals surface area contributed by atoms with E-state index in [9.17, 15) is 4.79 Å². The van der Waals surface area contributed by atoms with Crippen molar-refractivity contribution in [3.8, 4) is 0 Å². The van der Waals surface area contributed by atoms with Gasteiger partial charge in [0, 0.05) is 13.7 Å². The van der Waals surface area contributed by atoms with Crippen LogP contribution in [0.25, 0.3) is 0 Å². The van der Waals surface area contributed by atoms with Crippen molar-refractivity contribution in [1.82, 2.24) is 10.6 Å². The fourth-order valence-electron chi connectivity index (χ4n) is 1.80. The zero-order valence-electron chi connectivity index (χ0n) is 9.01. The molecule has 0 bridgehead atoms. The summed E-state index contributed by atoms with van der Waals surface area (Å²) in [5, 5.41) is 6.23. The molecule has 0 saturated carbocycles. The molecule has 1 saturated heterocycles. The molecule has 82 valence electrons. The second kappa shape index (κ2) is 5.98. The lowest BCUT2D eigenvalue weighted by Gasteiger charge is -2.29. The summed E-state index contributed by atoms with van der Waals surface area (Å²) in [4.78, 5) is 11.1. The van der Waals surface area contributed by atoms with Crippen LogP contribution in [0.2, 0.25) is 0 Å². The van der Waals surface area contributed by atoms with Gasteiger partial charge >= 0.3 is 0 Å². The topological polar surface area (TPSA) is 50.4 Å². The van der Waals surface area contributed by atoms with Crippen molar-refractivity contribution in [1.29, 1.82) is 0 Å². The molecular formula is C10H20N2O2. The summed E-state index contributed by atoms with van der Waals surface area (Å²) in [6.07, 6.45) is 1.15. The average molecular weight is 200 g/mol. The van der Waals surface area contributed by atoms with E-state index in [1.54, 1.807) is 0 Å². The lowest BCUT2D eigenvalue weighted by Crippen LogP contribution is -2.41. The standard InChI is InChI=1S/C10H20N2O2/c1-8-5-11-4-3-9(8)6-12-10(13)7-14-2/h8-9,11H,3-7H2,1-2H3,(H,12,13). The maximum absolute atomic E-state index is 11.1. The van der Waals surface area contributed by atoms with Crippen LogP contribution in [-0.4, -0.2) is 39.3 Å². The van der Waals surface area contributed by atoms with E-state index in [0.717, 1.165) is 26.1 Å². The molecule has 1 aliphatic heterocycles. The molecule has 0 aliphatic carbocycles. The van der Waals surface area contributed by atoms with Gasteiger partial charge < -0.3 is 15.4 Å². The summed E-state index contributed by atoms with van der Waals surface area (Å²) in [5.41, 5.74) is 0.